The number of alkyl halides is 1. The third-order valence-electron chi connectivity index (χ3n) is 1.20. The van der Waals surface area contributed by atoms with Gasteiger partial charge in [-0.25, -0.2) is 4.98 Å². The second-order valence-electron chi connectivity index (χ2n) is 2.12. The first-order valence-corrected chi connectivity index (χ1v) is 5.36. The van der Waals surface area contributed by atoms with Crippen LogP contribution in [0.3, 0.4) is 0 Å². The molecular weight excluding hydrogens is 210 g/mol. The Morgan fingerprint density at radius 1 is 1.70 bits per heavy atom. The van der Waals surface area contributed by atoms with E-state index in [1.807, 2.05) is 0 Å². The van der Waals surface area contributed by atoms with Crippen LogP contribution in [-0.4, -0.2) is 4.98 Å². The molecular formula is C7H10BrNS. The minimum Gasteiger partial charge on any atom is -0.245 e. The Balaban J connectivity index is 2.59. The van der Waals surface area contributed by atoms with Gasteiger partial charge in [-0.1, -0.05) is 22.9 Å². The van der Waals surface area contributed by atoms with Crippen molar-refractivity contribution in [2.45, 2.75) is 25.1 Å². The van der Waals surface area contributed by atoms with Crippen molar-refractivity contribution in [3.8, 4) is 0 Å². The Kier molecular flexibility index (Phi) is 3.35. The summed E-state index contributed by atoms with van der Waals surface area (Å²) in [7, 11) is 0. The van der Waals surface area contributed by atoms with Gasteiger partial charge in [-0.05, 0) is 12.8 Å². The number of hydrogen-bond acceptors (Lipinski definition) is 2. The summed E-state index contributed by atoms with van der Waals surface area (Å²) < 4.78 is 0. The number of halogens is 1. The van der Waals surface area contributed by atoms with Crippen LogP contribution in [0, 0.1) is 0 Å². The molecule has 1 heterocycles. The molecule has 3 heteroatoms. The number of aromatic nitrogens is 1. The molecule has 0 atom stereocenters. The fraction of sp³-hybridized carbons (Fsp3) is 0.571. The van der Waals surface area contributed by atoms with Gasteiger partial charge in [-0.3, -0.25) is 0 Å². The number of thiazole rings is 1. The van der Waals surface area contributed by atoms with E-state index in [2.05, 4.69) is 33.2 Å². The first kappa shape index (κ1) is 8.21. The minimum absolute atomic E-state index is 0.882. The second kappa shape index (κ2) is 4.09. The van der Waals surface area contributed by atoms with E-state index in [1.54, 1.807) is 11.3 Å². The predicted molar refractivity (Wildman–Crippen MR) is 48.7 cm³/mol. The molecule has 1 nitrogen and oxygen atoms in total. The first-order chi connectivity index (χ1) is 4.86. The first-order valence-electron chi connectivity index (χ1n) is 3.36. The number of aryl methyl sites for hydroxylation is 1. The smallest absolute Gasteiger partial charge is 0.0928 e. The van der Waals surface area contributed by atoms with Crippen molar-refractivity contribution in [3.05, 3.63) is 16.1 Å². The van der Waals surface area contributed by atoms with Crippen molar-refractivity contribution in [3.63, 3.8) is 0 Å². The predicted octanol–water partition coefficient (Wildman–Crippen LogP) is 2.99. The van der Waals surface area contributed by atoms with Crippen molar-refractivity contribution in [1.29, 1.82) is 0 Å². The zero-order valence-corrected chi connectivity index (χ0v) is 8.33. The molecule has 1 aromatic heterocycles. The average molecular weight is 220 g/mol. The van der Waals surface area contributed by atoms with Crippen LogP contribution in [0.4, 0.5) is 0 Å². The Hall–Kier alpha value is 0.110. The van der Waals surface area contributed by atoms with Crippen LogP contribution in [0.25, 0.3) is 0 Å². The van der Waals surface area contributed by atoms with Gasteiger partial charge in [-0.15, -0.1) is 11.3 Å². The van der Waals surface area contributed by atoms with Gasteiger partial charge in [0.25, 0.3) is 0 Å². The summed E-state index contributed by atoms with van der Waals surface area (Å²) in [6, 6.07) is 0. The normalized spacial score (nSPS) is 10.2. The van der Waals surface area contributed by atoms with Gasteiger partial charge in [0, 0.05) is 10.7 Å². The van der Waals surface area contributed by atoms with E-state index >= 15 is 0 Å². The van der Waals surface area contributed by atoms with Crippen LogP contribution >= 0.6 is 27.3 Å². The maximum absolute atomic E-state index is 4.39. The summed E-state index contributed by atoms with van der Waals surface area (Å²) in [6.45, 7) is 2.18. The molecule has 0 aliphatic carbocycles. The third kappa shape index (κ3) is 2.06. The molecule has 0 unspecified atom stereocenters. The molecule has 56 valence electrons. The SMILES string of the molecule is CCCc1nc(CBr)cs1. The highest BCUT2D eigenvalue weighted by atomic mass is 79.9. The molecule has 0 aliphatic heterocycles. The molecule has 1 rings (SSSR count). The molecule has 0 aliphatic rings. The molecule has 0 bridgehead atoms. The largest absolute Gasteiger partial charge is 0.245 e. The van der Waals surface area contributed by atoms with Gasteiger partial charge >= 0.3 is 0 Å². The molecule has 0 amide bonds. The van der Waals surface area contributed by atoms with E-state index in [9.17, 15) is 0 Å². The Morgan fingerprint density at radius 3 is 3.00 bits per heavy atom. The van der Waals surface area contributed by atoms with Crippen molar-refractivity contribution in [2.24, 2.45) is 0 Å². The lowest BCUT2D eigenvalue weighted by Gasteiger charge is -1.86. The van der Waals surface area contributed by atoms with Gasteiger partial charge in [0.15, 0.2) is 0 Å². The van der Waals surface area contributed by atoms with Crippen LogP contribution in [-0.2, 0) is 11.8 Å². The summed E-state index contributed by atoms with van der Waals surface area (Å²) in [6.07, 6.45) is 2.31. The van der Waals surface area contributed by atoms with Crippen molar-refractivity contribution in [1.82, 2.24) is 4.98 Å². The van der Waals surface area contributed by atoms with Crippen LogP contribution in [0.15, 0.2) is 5.38 Å². The topological polar surface area (TPSA) is 12.9 Å². The van der Waals surface area contributed by atoms with E-state index in [0.29, 0.717) is 0 Å². The lowest BCUT2D eigenvalue weighted by Crippen LogP contribution is -1.81. The third-order valence-corrected chi connectivity index (χ3v) is 2.73. The Morgan fingerprint density at radius 2 is 2.50 bits per heavy atom. The van der Waals surface area contributed by atoms with Crippen LogP contribution in [0.5, 0.6) is 0 Å². The fourth-order valence-corrected chi connectivity index (χ4v) is 2.14. The second-order valence-corrected chi connectivity index (χ2v) is 3.62. The van der Waals surface area contributed by atoms with Gasteiger partial charge in [0.1, 0.15) is 0 Å². The lowest BCUT2D eigenvalue weighted by molar-refractivity contribution is 0.902. The van der Waals surface area contributed by atoms with E-state index in [4.69, 9.17) is 0 Å². The van der Waals surface area contributed by atoms with Gasteiger partial charge in [0.05, 0.1) is 10.7 Å². The highest BCUT2D eigenvalue weighted by Crippen LogP contribution is 2.13. The summed E-state index contributed by atoms with van der Waals surface area (Å²) in [5.41, 5.74) is 1.16. The van der Waals surface area contributed by atoms with E-state index in [1.165, 1.54) is 11.4 Å². The molecule has 0 aromatic carbocycles. The highest BCUT2D eigenvalue weighted by Gasteiger charge is 1.97. The lowest BCUT2D eigenvalue weighted by atomic mass is 10.3. The fourth-order valence-electron chi connectivity index (χ4n) is 0.739. The molecule has 0 saturated carbocycles. The molecule has 1 aromatic rings. The molecule has 0 N–H and O–H groups in total. The highest BCUT2D eigenvalue weighted by molar-refractivity contribution is 9.08. The molecule has 0 spiro atoms. The minimum atomic E-state index is 0.882. The van der Waals surface area contributed by atoms with Crippen LogP contribution in [0.2, 0.25) is 0 Å². The van der Waals surface area contributed by atoms with Gasteiger partial charge in [-0.2, -0.15) is 0 Å². The summed E-state index contributed by atoms with van der Waals surface area (Å²) in [5.74, 6) is 0. The summed E-state index contributed by atoms with van der Waals surface area (Å²) >= 11 is 5.12. The monoisotopic (exact) mass is 219 g/mol. The Bertz CT molecular complexity index is 197. The molecule has 0 radical (unpaired) electrons. The van der Waals surface area contributed by atoms with E-state index in [-0.39, 0.29) is 0 Å². The quantitative estimate of drug-likeness (QED) is 0.713. The van der Waals surface area contributed by atoms with E-state index in [0.717, 1.165) is 17.4 Å². The number of nitrogens with zero attached hydrogens (tertiary/aromatic N) is 1. The molecule has 0 saturated heterocycles. The maximum Gasteiger partial charge on any atom is 0.0928 e. The van der Waals surface area contributed by atoms with Crippen LogP contribution < -0.4 is 0 Å². The number of hydrogen-bond donors (Lipinski definition) is 0. The average Bonchev–Trinajstić information content (AvgIpc) is 2.37. The Labute approximate surface area is 73.6 Å². The molecule has 10 heavy (non-hydrogen) atoms. The van der Waals surface area contributed by atoms with Crippen molar-refractivity contribution >= 4 is 27.3 Å². The van der Waals surface area contributed by atoms with Gasteiger partial charge < -0.3 is 0 Å². The zero-order valence-electron chi connectivity index (χ0n) is 5.93. The van der Waals surface area contributed by atoms with Gasteiger partial charge in [0.2, 0.25) is 0 Å². The standard InChI is InChI=1S/C7H10BrNS/c1-2-3-7-9-6(4-8)5-10-7/h5H,2-4H2,1H3. The molecule has 0 fully saturated rings. The zero-order chi connectivity index (χ0) is 7.40. The summed E-state index contributed by atoms with van der Waals surface area (Å²) in [5, 5.41) is 4.25. The number of rotatable bonds is 3. The van der Waals surface area contributed by atoms with E-state index < -0.39 is 0 Å². The summed E-state index contributed by atoms with van der Waals surface area (Å²) in [4.78, 5) is 4.39. The van der Waals surface area contributed by atoms with Crippen LogP contribution in [0.1, 0.15) is 24.0 Å². The van der Waals surface area contributed by atoms with Crippen molar-refractivity contribution in [2.75, 3.05) is 0 Å². The van der Waals surface area contributed by atoms with Crippen molar-refractivity contribution < 1.29 is 0 Å². The maximum atomic E-state index is 4.39.